The Morgan fingerprint density at radius 1 is 1.22 bits per heavy atom. The van der Waals surface area contributed by atoms with Gasteiger partial charge in [-0.15, -0.1) is 10.2 Å². The fraction of sp³-hybridized carbons (Fsp3) is 0.308. The second-order valence-electron chi connectivity index (χ2n) is 4.85. The lowest BCUT2D eigenvalue weighted by Gasteiger charge is -2.06. The van der Waals surface area contributed by atoms with Gasteiger partial charge >= 0.3 is 0 Å². The monoisotopic (exact) mass is 372 g/mol. The quantitative estimate of drug-likeness (QED) is 0.756. The molecule has 0 radical (unpaired) electrons. The van der Waals surface area contributed by atoms with Gasteiger partial charge in [-0.25, -0.2) is 8.42 Å². The topological polar surface area (TPSA) is 101 Å². The Morgan fingerprint density at radius 2 is 1.87 bits per heavy atom. The molecule has 1 aromatic heterocycles. The Kier molecular flexibility index (Phi) is 5.60. The van der Waals surface area contributed by atoms with Crippen LogP contribution in [0.25, 0.3) is 0 Å². The Hall–Kier alpha value is -1.65. The van der Waals surface area contributed by atoms with Gasteiger partial charge in [-0.05, 0) is 24.3 Å². The molecule has 23 heavy (non-hydrogen) atoms. The third-order valence-electron chi connectivity index (χ3n) is 2.45. The first kappa shape index (κ1) is 17.7. The van der Waals surface area contributed by atoms with Crippen molar-refractivity contribution in [2.75, 3.05) is 10.0 Å². The van der Waals surface area contributed by atoms with Gasteiger partial charge in [-0.2, -0.15) is 0 Å². The lowest BCUT2D eigenvalue weighted by molar-refractivity contribution is -0.114. The molecule has 0 saturated carbocycles. The van der Waals surface area contributed by atoms with Crippen LogP contribution in [0.3, 0.4) is 0 Å². The van der Waals surface area contributed by atoms with Gasteiger partial charge in [0.05, 0.1) is 4.90 Å². The van der Waals surface area contributed by atoms with Crippen LogP contribution in [0.4, 0.5) is 10.8 Å². The molecule has 0 unspecified atom stereocenters. The zero-order valence-corrected chi connectivity index (χ0v) is 15.2. The third kappa shape index (κ3) is 5.19. The number of hydrogen-bond donors (Lipinski definition) is 2. The number of aromatic nitrogens is 2. The maximum atomic E-state index is 12.3. The molecule has 2 rings (SSSR count). The largest absolute Gasteiger partial charge is 0.326 e. The number of sulfonamides is 1. The minimum absolute atomic E-state index is 0.0832. The minimum atomic E-state index is -3.74. The summed E-state index contributed by atoms with van der Waals surface area (Å²) in [5.74, 6) is -0.220. The molecular formula is C13H16N4O3S3. The number of anilines is 2. The van der Waals surface area contributed by atoms with E-state index in [1.165, 1.54) is 54.3 Å². The fourth-order valence-electron chi connectivity index (χ4n) is 1.59. The number of nitrogens with one attached hydrogen (secondary N) is 2. The van der Waals surface area contributed by atoms with E-state index in [-0.39, 0.29) is 15.9 Å². The van der Waals surface area contributed by atoms with Crippen molar-refractivity contribution < 1.29 is 13.2 Å². The molecule has 1 heterocycles. The number of benzene rings is 1. The van der Waals surface area contributed by atoms with Crippen molar-refractivity contribution in [2.45, 2.75) is 35.3 Å². The van der Waals surface area contributed by atoms with Crippen LogP contribution in [0, 0.1) is 0 Å². The van der Waals surface area contributed by atoms with Gasteiger partial charge < -0.3 is 5.32 Å². The van der Waals surface area contributed by atoms with Crippen LogP contribution < -0.4 is 10.0 Å². The maximum absolute atomic E-state index is 12.3. The van der Waals surface area contributed by atoms with E-state index in [4.69, 9.17) is 0 Å². The SMILES string of the molecule is CC(=O)Nc1ccc(S(=O)(=O)Nc2nnc(SC(C)C)s2)cc1. The van der Waals surface area contributed by atoms with Gasteiger partial charge in [0.1, 0.15) is 0 Å². The van der Waals surface area contributed by atoms with Crippen LogP contribution in [-0.4, -0.2) is 29.8 Å². The molecule has 0 saturated heterocycles. The summed E-state index contributed by atoms with van der Waals surface area (Å²) in [7, 11) is -3.74. The van der Waals surface area contributed by atoms with Crippen molar-refractivity contribution in [1.29, 1.82) is 0 Å². The minimum Gasteiger partial charge on any atom is -0.326 e. The molecule has 0 fully saturated rings. The zero-order valence-electron chi connectivity index (χ0n) is 12.7. The number of rotatable bonds is 6. The number of carbonyl (C=O) groups is 1. The molecule has 1 amide bonds. The van der Waals surface area contributed by atoms with E-state index in [0.717, 1.165) is 0 Å². The highest BCUT2D eigenvalue weighted by molar-refractivity contribution is 8.01. The van der Waals surface area contributed by atoms with Gasteiger partial charge in [0, 0.05) is 17.9 Å². The lowest BCUT2D eigenvalue weighted by Crippen LogP contribution is -2.13. The highest BCUT2D eigenvalue weighted by Crippen LogP contribution is 2.29. The lowest BCUT2D eigenvalue weighted by atomic mass is 10.3. The van der Waals surface area contributed by atoms with Gasteiger partial charge in [-0.3, -0.25) is 9.52 Å². The second kappa shape index (κ2) is 7.28. The van der Waals surface area contributed by atoms with Crippen LogP contribution in [0.5, 0.6) is 0 Å². The number of thioether (sulfide) groups is 1. The molecule has 0 aliphatic heterocycles. The first-order valence-electron chi connectivity index (χ1n) is 6.67. The van der Waals surface area contributed by atoms with E-state index in [0.29, 0.717) is 15.3 Å². The van der Waals surface area contributed by atoms with Crippen LogP contribution in [0.1, 0.15) is 20.8 Å². The summed E-state index contributed by atoms with van der Waals surface area (Å²) in [5, 5.41) is 10.9. The molecule has 2 N–H and O–H groups in total. The van der Waals surface area contributed by atoms with E-state index < -0.39 is 10.0 Å². The van der Waals surface area contributed by atoms with E-state index in [1.807, 2.05) is 13.8 Å². The van der Waals surface area contributed by atoms with Gasteiger partial charge in [0.2, 0.25) is 11.0 Å². The Morgan fingerprint density at radius 3 is 2.43 bits per heavy atom. The van der Waals surface area contributed by atoms with Crippen LogP contribution in [0.2, 0.25) is 0 Å². The molecule has 0 bridgehead atoms. The predicted molar refractivity (Wildman–Crippen MR) is 92.5 cm³/mol. The maximum Gasteiger partial charge on any atom is 0.263 e. The molecule has 0 aliphatic carbocycles. The highest BCUT2D eigenvalue weighted by atomic mass is 32.2. The first-order chi connectivity index (χ1) is 10.8. The van der Waals surface area contributed by atoms with Crippen LogP contribution in [-0.2, 0) is 14.8 Å². The summed E-state index contributed by atoms with van der Waals surface area (Å²) >= 11 is 2.71. The average Bonchev–Trinajstić information content (AvgIpc) is 2.84. The Balaban J connectivity index is 2.12. The number of nitrogens with zero attached hydrogens (tertiary/aromatic N) is 2. The molecular weight excluding hydrogens is 356 g/mol. The second-order valence-corrected chi connectivity index (χ2v) is 9.33. The van der Waals surface area contributed by atoms with Gasteiger partial charge in [-0.1, -0.05) is 36.9 Å². The molecule has 0 spiro atoms. The summed E-state index contributed by atoms with van der Waals surface area (Å²) in [6.45, 7) is 5.42. The number of amides is 1. The highest BCUT2D eigenvalue weighted by Gasteiger charge is 2.17. The normalized spacial score (nSPS) is 11.5. The van der Waals surface area contributed by atoms with Gasteiger partial charge in [0.15, 0.2) is 4.34 Å². The third-order valence-corrected chi connectivity index (χ3v) is 5.86. The van der Waals surface area contributed by atoms with Crippen LogP contribution in [0.15, 0.2) is 33.5 Å². The predicted octanol–water partition coefficient (Wildman–Crippen LogP) is 2.80. The smallest absolute Gasteiger partial charge is 0.263 e. The molecule has 1 aromatic carbocycles. The standard InChI is InChI=1S/C13H16N4O3S3/c1-8(2)21-13-16-15-12(22-13)17-23(19,20)11-6-4-10(5-7-11)14-9(3)18/h4-8H,1-3H3,(H,14,18)(H,15,17). The molecule has 10 heteroatoms. The molecule has 2 aromatic rings. The summed E-state index contributed by atoms with van der Waals surface area (Å²) in [6.07, 6.45) is 0. The molecule has 7 nitrogen and oxygen atoms in total. The number of carbonyl (C=O) groups excluding carboxylic acids is 1. The summed E-state index contributed by atoms with van der Waals surface area (Å²) < 4.78 is 27.7. The summed E-state index contributed by atoms with van der Waals surface area (Å²) in [4.78, 5) is 11.0. The Labute approximate surface area is 143 Å². The van der Waals surface area contributed by atoms with E-state index >= 15 is 0 Å². The van der Waals surface area contributed by atoms with Crippen molar-refractivity contribution >= 4 is 49.8 Å². The van der Waals surface area contributed by atoms with E-state index in [1.54, 1.807) is 0 Å². The zero-order chi connectivity index (χ0) is 17.0. The van der Waals surface area contributed by atoms with Gasteiger partial charge in [0.25, 0.3) is 10.0 Å². The first-order valence-corrected chi connectivity index (χ1v) is 9.85. The molecule has 124 valence electrons. The van der Waals surface area contributed by atoms with Crippen LogP contribution >= 0.6 is 23.1 Å². The van der Waals surface area contributed by atoms with Crippen molar-refractivity contribution in [3.63, 3.8) is 0 Å². The fourth-order valence-corrected chi connectivity index (χ4v) is 4.80. The van der Waals surface area contributed by atoms with Crippen molar-refractivity contribution in [3.05, 3.63) is 24.3 Å². The summed E-state index contributed by atoms with van der Waals surface area (Å²) in [6, 6.07) is 5.88. The van der Waals surface area contributed by atoms with Crippen molar-refractivity contribution in [1.82, 2.24) is 10.2 Å². The van der Waals surface area contributed by atoms with Crippen molar-refractivity contribution in [2.24, 2.45) is 0 Å². The number of hydrogen-bond acceptors (Lipinski definition) is 7. The molecule has 0 aliphatic rings. The van der Waals surface area contributed by atoms with E-state index in [2.05, 4.69) is 20.2 Å². The average molecular weight is 372 g/mol. The van der Waals surface area contributed by atoms with E-state index in [9.17, 15) is 13.2 Å². The Bertz CT molecular complexity index is 785. The summed E-state index contributed by atoms with van der Waals surface area (Å²) in [5.41, 5.74) is 0.531. The van der Waals surface area contributed by atoms with Crippen molar-refractivity contribution in [3.8, 4) is 0 Å². The molecule has 0 atom stereocenters.